The van der Waals surface area contributed by atoms with Gasteiger partial charge in [-0.15, -0.1) is 23.7 Å². The predicted octanol–water partition coefficient (Wildman–Crippen LogP) is 3.70. The number of H-pyrrole nitrogens is 1. The Hall–Kier alpha value is -4.52. The van der Waals surface area contributed by atoms with E-state index in [1.54, 1.807) is 29.5 Å². The van der Waals surface area contributed by atoms with Crippen molar-refractivity contribution >= 4 is 68.3 Å². The van der Waals surface area contributed by atoms with Crippen LogP contribution in [0.3, 0.4) is 0 Å². The number of nitrogens with one attached hydrogen (secondary N) is 3. The lowest BCUT2D eigenvalue weighted by Gasteiger charge is -2.18. The molecular formula is C26H23ClN6O5S. The number of carbonyl (C=O) groups is 3. The van der Waals surface area contributed by atoms with E-state index in [0.717, 1.165) is 11.9 Å². The van der Waals surface area contributed by atoms with Crippen LogP contribution in [0.4, 0.5) is 5.69 Å². The molecule has 39 heavy (non-hydrogen) atoms. The first-order valence-electron chi connectivity index (χ1n) is 11.5. The number of hydrogen-bond acceptors (Lipinski definition) is 8. The number of nitrogens with zero attached hydrogens (tertiary/aromatic N) is 2. The fourth-order valence-electron chi connectivity index (χ4n) is 3.97. The maximum atomic E-state index is 12.5. The predicted molar refractivity (Wildman–Crippen MR) is 150 cm³/mol. The number of aromatic nitrogens is 3. The van der Waals surface area contributed by atoms with E-state index in [0.29, 0.717) is 18.0 Å². The normalized spacial score (nSPS) is 11.9. The van der Waals surface area contributed by atoms with Gasteiger partial charge in [-0.05, 0) is 40.1 Å². The highest BCUT2D eigenvalue weighted by Gasteiger charge is 2.20. The summed E-state index contributed by atoms with van der Waals surface area (Å²) in [6.45, 7) is 0.797. The van der Waals surface area contributed by atoms with Crippen molar-refractivity contribution in [2.24, 2.45) is 5.73 Å². The number of ether oxygens (including phenoxy) is 1. The SMILES string of the molecule is Cl.NCc1csc2ccccc12.O=C1COc2ccc(CNC(=O)c3ncnc4c(C(=O)O)c[nH]c34)cc2N1. The van der Waals surface area contributed by atoms with Crippen molar-refractivity contribution in [2.75, 3.05) is 11.9 Å². The second-order valence-corrected chi connectivity index (χ2v) is 9.18. The number of fused-ring (bicyclic) bond motifs is 3. The van der Waals surface area contributed by atoms with Crippen molar-refractivity contribution in [3.63, 3.8) is 0 Å². The molecule has 1 aliphatic heterocycles. The molecule has 5 aromatic rings. The number of nitrogens with two attached hydrogens (primary N) is 1. The van der Waals surface area contributed by atoms with Crippen LogP contribution in [0.2, 0.25) is 0 Å². The quantitative estimate of drug-likeness (QED) is 0.214. The van der Waals surface area contributed by atoms with Gasteiger partial charge in [0.25, 0.3) is 11.8 Å². The number of thiophene rings is 1. The minimum atomic E-state index is -1.15. The Labute approximate surface area is 231 Å². The van der Waals surface area contributed by atoms with Gasteiger partial charge in [0, 0.05) is 24.0 Å². The first-order valence-corrected chi connectivity index (χ1v) is 12.4. The topological polar surface area (TPSA) is 172 Å². The molecule has 200 valence electrons. The molecule has 0 unspecified atom stereocenters. The Balaban J connectivity index is 0.000000246. The van der Waals surface area contributed by atoms with Crippen LogP contribution < -0.4 is 21.1 Å². The summed E-state index contributed by atoms with van der Waals surface area (Å²) in [6.07, 6.45) is 2.41. The van der Waals surface area contributed by atoms with Crippen LogP contribution in [0.5, 0.6) is 5.75 Å². The largest absolute Gasteiger partial charge is 0.482 e. The number of carboxylic acid groups (broad SMARTS) is 1. The fraction of sp³-hybridized carbons (Fsp3) is 0.115. The van der Waals surface area contributed by atoms with Crippen LogP contribution in [0.15, 0.2) is 60.4 Å². The highest BCUT2D eigenvalue weighted by Crippen LogP contribution is 2.28. The molecule has 0 spiro atoms. The number of amides is 2. The van der Waals surface area contributed by atoms with Crippen molar-refractivity contribution in [3.05, 3.63) is 82.8 Å². The third-order valence-electron chi connectivity index (χ3n) is 5.82. The summed E-state index contributed by atoms with van der Waals surface area (Å²) in [6, 6.07) is 13.5. The van der Waals surface area contributed by atoms with Gasteiger partial charge >= 0.3 is 5.97 Å². The van der Waals surface area contributed by atoms with Crippen LogP contribution in [-0.4, -0.2) is 44.4 Å². The number of hydrogen-bond donors (Lipinski definition) is 5. The molecule has 2 aromatic carbocycles. The van der Waals surface area contributed by atoms with Gasteiger partial charge < -0.3 is 31.2 Å². The van der Waals surface area contributed by atoms with E-state index in [1.807, 2.05) is 6.07 Å². The van der Waals surface area contributed by atoms with Crippen LogP contribution in [0.25, 0.3) is 21.1 Å². The first kappa shape index (κ1) is 27.5. The van der Waals surface area contributed by atoms with Gasteiger partial charge in [0.05, 0.1) is 11.2 Å². The maximum Gasteiger partial charge on any atom is 0.339 e. The van der Waals surface area contributed by atoms with Gasteiger partial charge in [0.15, 0.2) is 12.3 Å². The zero-order valence-corrected chi connectivity index (χ0v) is 21.9. The van der Waals surface area contributed by atoms with E-state index in [9.17, 15) is 14.4 Å². The van der Waals surface area contributed by atoms with E-state index in [4.69, 9.17) is 15.6 Å². The molecule has 6 rings (SSSR count). The van der Waals surface area contributed by atoms with Crippen molar-refractivity contribution in [1.82, 2.24) is 20.3 Å². The van der Waals surface area contributed by atoms with Gasteiger partial charge in [-0.3, -0.25) is 9.59 Å². The second kappa shape index (κ2) is 11.9. The van der Waals surface area contributed by atoms with Crippen LogP contribution in [0.1, 0.15) is 32.0 Å². The Morgan fingerprint density at radius 2 is 2.00 bits per heavy atom. The molecule has 13 heteroatoms. The molecule has 0 fully saturated rings. The van der Waals surface area contributed by atoms with Crippen molar-refractivity contribution in [3.8, 4) is 5.75 Å². The molecule has 2 amide bonds. The van der Waals surface area contributed by atoms with E-state index < -0.39 is 11.9 Å². The molecule has 4 heterocycles. The maximum absolute atomic E-state index is 12.5. The summed E-state index contributed by atoms with van der Waals surface area (Å²) >= 11 is 1.76. The molecule has 6 N–H and O–H groups in total. The minimum Gasteiger partial charge on any atom is -0.482 e. The lowest BCUT2D eigenvalue weighted by Crippen LogP contribution is -2.26. The number of aromatic carboxylic acids is 1. The fourth-order valence-corrected chi connectivity index (χ4v) is 4.95. The molecule has 0 radical (unpaired) electrons. The van der Waals surface area contributed by atoms with Crippen LogP contribution >= 0.6 is 23.7 Å². The lowest BCUT2D eigenvalue weighted by molar-refractivity contribution is -0.118. The van der Waals surface area contributed by atoms with Gasteiger partial charge in [-0.2, -0.15) is 0 Å². The Kier molecular flexibility index (Phi) is 8.39. The number of halogens is 1. The summed E-state index contributed by atoms with van der Waals surface area (Å²) in [5.41, 5.74) is 8.53. The molecule has 3 aromatic heterocycles. The third-order valence-corrected chi connectivity index (χ3v) is 6.83. The summed E-state index contributed by atoms with van der Waals surface area (Å²) < 4.78 is 6.61. The highest BCUT2D eigenvalue weighted by atomic mass is 35.5. The van der Waals surface area contributed by atoms with Crippen molar-refractivity contribution in [1.29, 1.82) is 0 Å². The average Bonchev–Trinajstić information content (AvgIpc) is 3.56. The van der Waals surface area contributed by atoms with E-state index in [-0.39, 0.29) is 53.8 Å². The minimum absolute atomic E-state index is 0. The average molecular weight is 567 g/mol. The molecule has 0 saturated carbocycles. The monoisotopic (exact) mass is 566 g/mol. The van der Waals surface area contributed by atoms with Gasteiger partial charge in [0.1, 0.15) is 23.2 Å². The number of benzene rings is 2. The smallest absolute Gasteiger partial charge is 0.339 e. The summed E-state index contributed by atoms with van der Waals surface area (Å²) in [5, 5.41) is 18.0. The van der Waals surface area contributed by atoms with E-state index in [1.165, 1.54) is 21.8 Å². The zero-order valence-electron chi connectivity index (χ0n) is 20.3. The Bertz CT molecular complexity index is 1680. The number of carbonyl (C=O) groups excluding carboxylic acids is 2. The molecule has 0 saturated heterocycles. The molecule has 0 atom stereocenters. The van der Waals surface area contributed by atoms with Gasteiger partial charge in [-0.1, -0.05) is 24.3 Å². The van der Waals surface area contributed by atoms with Gasteiger partial charge in [0.2, 0.25) is 0 Å². The third kappa shape index (κ3) is 5.82. The molecule has 11 nitrogen and oxygen atoms in total. The van der Waals surface area contributed by atoms with Crippen LogP contribution in [0, 0.1) is 0 Å². The molecule has 0 bridgehead atoms. The standard InChI is InChI=1S/C17H13N5O5.C9H9NS.ClH/c23-12-6-27-11-2-1-8(3-10(11)22-12)4-19-16(24)15-14-13(20-7-21-15)9(5-18-14)17(25)26;10-5-7-6-11-9-4-2-1-3-8(7)9;/h1-3,5,7,18H,4,6H2,(H,19,24)(H,22,23)(H,25,26);1-4,6H,5,10H2;1H. The second-order valence-electron chi connectivity index (χ2n) is 8.26. The molecular weight excluding hydrogens is 544 g/mol. The first-order chi connectivity index (χ1) is 18.4. The van der Waals surface area contributed by atoms with E-state index >= 15 is 0 Å². The molecule has 0 aliphatic carbocycles. The summed E-state index contributed by atoms with van der Waals surface area (Å²) in [4.78, 5) is 45.7. The Morgan fingerprint density at radius 1 is 1.18 bits per heavy atom. The van der Waals surface area contributed by atoms with E-state index in [2.05, 4.69) is 49.2 Å². The highest BCUT2D eigenvalue weighted by molar-refractivity contribution is 7.17. The Morgan fingerprint density at radius 3 is 2.79 bits per heavy atom. The van der Waals surface area contributed by atoms with Crippen molar-refractivity contribution in [2.45, 2.75) is 13.1 Å². The lowest BCUT2D eigenvalue weighted by atomic mass is 10.1. The van der Waals surface area contributed by atoms with Crippen LogP contribution in [-0.2, 0) is 17.9 Å². The number of anilines is 1. The zero-order chi connectivity index (χ0) is 26.6. The summed E-state index contributed by atoms with van der Waals surface area (Å²) in [5.74, 6) is -1.31. The number of aromatic amines is 1. The number of rotatable bonds is 5. The molecule has 1 aliphatic rings. The van der Waals surface area contributed by atoms with Crippen molar-refractivity contribution < 1.29 is 24.2 Å². The summed E-state index contributed by atoms with van der Waals surface area (Å²) in [7, 11) is 0. The number of carboxylic acids is 1. The van der Waals surface area contributed by atoms with Gasteiger partial charge in [-0.25, -0.2) is 14.8 Å².